The molecular weight excluding hydrogens is 400 g/mol. The monoisotopic (exact) mass is 424 g/mol. The van der Waals surface area contributed by atoms with Gasteiger partial charge in [0.05, 0.1) is 16.5 Å². The summed E-state index contributed by atoms with van der Waals surface area (Å²) in [5.74, 6) is -0.213. The van der Waals surface area contributed by atoms with Crippen molar-refractivity contribution in [3.63, 3.8) is 0 Å². The van der Waals surface area contributed by atoms with Gasteiger partial charge in [-0.1, -0.05) is 36.4 Å². The first-order chi connectivity index (χ1) is 13.6. The third-order valence-corrected chi connectivity index (χ3v) is 7.51. The largest absolute Gasteiger partial charge is 1.00 e. The SMILES string of the molecule is CC1(OC(=O)c2ccc([S+](c3ccccc3)c3ccccc3)cc2)CCCC1.[Cl-]. The van der Waals surface area contributed by atoms with Crippen molar-refractivity contribution in [3.8, 4) is 0 Å². The molecule has 29 heavy (non-hydrogen) atoms. The Morgan fingerprint density at radius 2 is 1.21 bits per heavy atom. The third-order valence-electron chi connectivity index (χ3n) is 5.28. The number of hydrogen-bond acceptors (Lipinski definition) is 2. The molecule has 0 bridgehead atoms. The Morgan fingerprint density at radius 3 is 1.69 bits per heavy atom. The van der Waals surface area contributed by atoms with Gasteiger partial charge in [-0.2, -0.15) is 0 Å². The van der Waals surface area contributed by atoms with E-state index in [1.165, 1.54) is 14.7 Å². The second kappa shape index (κ2) is 9.51. The van der Waals surface area contributed by atoms with E-state index in [9.17, 15) is 4.79 Å². The highest BCUT2D eigenvalue weighted by atomic mass is 35.5. The van der Waals surface area contributed by atoms with Crippen LogP contribution in [-0.4, -0.2) is 11.6 Å². The van der Waals surface area contributed by atoms with Crippen LogP contribution in [0.2, 0.25) is 0 Å². The van der Waals surface area contributed by atoms with Gasteiger partial charge >= 0.3 is 5.97 Å². The summed E-state index contributed by atoms with van der Waals surface area (Å²) in [7, 11) is -0.200. The molecule has 0 atom stereocenters. The molecule has 1 saturated carbocycles. The number of benzene rings is 3. The van der Waals surface area contributed by atoms with Gasteiger partial charge in [-0.05, 0) is 81.1 Å². The predicted octanol–water partition coefficient (Wildman–Crippen LogP) is 3.28. The predicted molar refractivity (Wildman–Crippen MR) is 114 cm³/mol. The van der Waals surface area contributed by atoms with Crippen molar-refractivity contribution in [1.82, 2.24) is 0 Å². The van der Waals surface area contributed by atoms with E-state index in [-0.39, 0.29) is 34.9 Å². The van der Waals surface area contributed by atoms with E-state index >= 15 is 0 Å². The average Bonchev–Trinajstić information content (AvgIpc) is 3.16. The van der Waals surface area contributed by atoms with Gasteiger partial charge in [0, 0.05) is 0 Å². The molecule has 1 aliphatic rings. The van der Waals surface area contributed by atoms with E-state index in [4.69, 9.17) is 4.74 Å². The van der Waals surface area contributed by atoms with Crippen LogP contribution in [0, 0.1) is 0 Å². The molecule has 4 rings (SSSR count). The minimum Gasteiger partial charge on any atom is -1.00 e. The normalized spacial score (nSPS) is 15.0. The zero-order valence-electron chi connectivity index (χ0n) is 16.5. The number of esters is 1. The summed E-state index contributed by atoms with van der Waals surface area (Å²) in [5.41, 5.74) is 0.329. The fourth-order valence-electron chi connectivity index (χ4n) is 3.76. The topological polar surface area (TPSA) is 26.3 Å². The molecule has 0 saturated heterocycles. The second-order valence-electron chi connectivity index (χ2n) is 7.50. The van der Waals surface area contributed by atoms with Gasteiger partial charge < -0.3 is 17.1 Å². The van der Waals surface area contributed by atoms with Gasteiger partial charge in [0.1, 0.15) is 5.60 Å². The van der Waals surface area contributed by atoms with Crippen LogP contribution in [0.5, 0.6) is 0 Å². The van der Waals surface area contributed by atoms with Crippen molar-refractivity contribution in [2.24, 2.45) is 0 Å². The Bertz CT molecular complexity index is 881. The fourth-order valence-corrected chi connectivity index (χ4v) is 5.84. The summed E-state index contributed by atoms with van der Waals surface area (Å²) in [5, 5.41) is 0. The molecule has 1 fully saturated rings. The lowest BCUT2D eigenvalue weighted by Gasteiger charge is -2.24. The summed E-state index contributed by atoms with van der Waals surface area (Å²) in [6.45, 7) is 2.05. The Kier molecular flexibility index (Phi) is 7.05. The fraction of sp³-hybridized carbons (Fsp3) is 0.240. The third kappa shape index (κ3) is 5.04. The molecule has 0 aliphatic heterocycles. The summed E-state index contributed by atoms with van der Waals surface area (Å²) < 4.78 is 5.82. The molecule has 0 heterocycles. The maximum atomic E-state index is 12.6. The smallest absolute Gasteiger partial charge is 0.338 e. The quantitative estimate of drug-likeness (QED) is 0.464. The van der Waals surface area contributed by atoms with Gasteiger partial charge in [0.25, 0.3) is 0 Å². The average molecular weight is 425 g/mol. The summed E-state index contributed by atoms with van der Waals surface area (Å²) in [4.78, 5) is 16.3. The van der Waals surface area contributed by atoms with Crippen molar-refractivity contribution in [3.05, 3.63) is 90.5 Å². The van der Waals surface area contributed by atoms with Crippen LogP contribution < -0.4 is 12.4 Å². The maximum absolute atomic E-state index is 12.6. The molecule has 2 nitrogen and oxygen atoms in total. The summed E-state index contributed by atoms with van der Waals surface area (Å²) >= 11 is 0. The highest BCUT2D eigenvalue weighted by Crippen LogP contribution is 2.34. The standard InChI is InChI=1S/C25H25O2S.ClH/c1-25(18-8-9-19-25)27-24(26)20-14-16-23(17-15-20)28(21-10-4-2-5-11-21)22-12-6-3-7-13-22;/h2-7,10-17H,8-9,18-19H2,1H3;1H/q+1;/p-1. The van der Waals surface area contributed by atoms with Gasteiger partial charge in [-0.25, -0.2) is 4.79 Å². The lowest BCUT2D eigenvalue weighted by atomic mass is 10.1. The molecule has 4 heteroatoms. The van der Waals surface area contributed by atoms with E-state index in [2.05, 4.69) is 67.6 Å². The summed E-state index contributed by atoms with van der Waals surface area (Å²) in [6.07, 6.45) is 4.20. The maximum Gasteiger partial charge on any atom is 0.338 e. The highest BCUT2D eigenvalue weighted by molar-refractivity contribution is 7.97. The summed E-state index contributed by atoms with van der Waals surface area (Å²) in [6, 6.07) is 29.0. The Hall–Kier alpha value is -2.23. The Labute approximate surface area is 182 Å². The second-order valence-corrected chi connectivity index (χ2v) is 9.53. The molecule has 0 spiro atoms. The number of carbonyl (C=O) groups excluding carboxylic acids is 1. The first-order valence-electron chi connectivity index (χ1n) is 9.82. The lowest BCUT2D eigenvalue weighted by Crippen LogP contribution is -3.00. The molecule has 1 aliphatic carbocycles. The zero-order chi connectivity index (χ0) is 19.4. The van der Waals surface area contributed by atoms with Crippen LogP contribution in [0.25, 0.3) is 0 Å². The van der Waals surface area contributed by atoms with Crippen LogP contribution in [0.1, 0.15) is 43.0 Å². The van der Waals surface area contributed by atoms with Crippen molar-refractivity contribution in [1.29, 1.82) is 0 Å². The molecule has 0 unspecified atom stereocenters. The molecule has 0 radical (unpaired) electrons. The van der Waals surface area contributed by atoms with E-state index in [0.29, 0.717) is 5.56 Å². The van der Waals surface area contributed by atoms with Crippen molar-refractivity contribution < 1.29 is 21.9 Å². The number of hydrogen-bond donors (Lipinski definition) is 0. The minimum absolute atomic E-state index is 0. The lowest BCUT2D eigenvalue weighted by molar-refractivity contribution is -0.00626. The number of carbonyl (C=O) groups is 1. The Morgan fingerprint density at radius 1 is 0.759 bits per heavy atom. The molecular formula is C25H25ClO2S. The van der Waals surface area contributed by atoms with E-state index in [1.807, 2.05) is 24.3 Å². The van der Waals surface area contributed by atoms with Crippen molar-refractivity contribution >= 4 is 16.9 Å². The molecule has 3 aromatic rings. The van der Waals surface area contributed by atoms with Crippen LogP contribution >= 0.6 is 0 Å². The molecule has 150 valence electrons. The highest BCUT2D eigenvalue weighted by Gasteiger charge is 2.33. The van der Waals surface area contributed by atoms with Gasteiger partial charge in [0.2, 0.25) is 0 Å². The first kappa shape index (κ1) is 21.5. The van der Waals surface area contributed by atoms with Gasteiger partial charge in [0.15, 0.2) is 14.7 Å². The zero-order valence-corrected chi connectivity index (χ0v) is 18.1. The van der Waals surface area contributed by atoms with Crippen LogP contribution in [-0.2, 0) is 15.6 Å². The van der Waals surface area contributed by atoms with Gasteiger partial charge in [-0.3, -0.25) is 0 Å². The van der Waals surface area contributed by atoms with E-state index in [0.717, 1.165) is 25.7 Å². The van der Waals surface area contributed by atoms with Gasteiger partial charge in [-0.15, -0.1) is 0 Å². The van der Waals surface area contributed by atoms with E-state index in [1.54, 1.807) is 0 Å². The van der Waals surface area contributed by atoms with Crippen LogP contribution in [0.15, 0.2) is 99.6 Å². The minimum atomic E-state index is -0.298. The first-order valence-corrected chi connectivity index (χ1v) is 11.0. The molecule has 0 amide bonds. The van der Waals surface area contributed by atoms with Crippen molar-refractivity contribution in [2.45, 2.75) is 52.9 Å². The van der Waals surface area contributed by atoms with Crippen LogP contribution in [0.4, 0.5) is 0 Å². The molecule has 3 aromatic carbocycles. The van der Waals surface area contributed by atoms with Crippen molar-refractivity contribution in [2.75, 3.05) is 0 Å². The molecule has 0 N–H and O–H groups in total. The number of ether oxygens (including phenoxy) is 1. The number of rotatable bonds is 5. The van der Waals surface area contributed by atoms with Crippen LogP contribution in [0.3, 0.4) is 0 Å². The number of halogens is 1. The van der Waals surface area contributed by atoms with E-state index < -0.39 is 0 Å². The Balaban J connectivity index is 0.00000240. The molecule has 0 aromatic heterocycles.